The zero-order valence-electron chi connectivity index (χ0n) is 11.6. The first-order valence-electron chi connectivity index (χ1n) is 6.21. The number of ether oxygens (including phenoxy) is 1. The Morgan fingerprint density at radius 1 is 1.52 bits per heavy atom. The van der Waals surface area contributed by atoms with E-state index in [-0.39, 0.29) is 5.56 Å². The van der Waals surface area contributed by atoms with Crippen LogP contribution in [0.15, 0.2) is 15.8 Å². The fourth-order valence-electron chi connectivity index (χ4n) is 2.18. The number of aromatic nitrogens is 2. The second kappa shape index (κ2) is 5.91. The standard InChI is InChI=1S/C10H14FN2O9P/c1-4-2-13(9(16)12-7(4)15)8-10(11,17)6(5(3-14)21-8)22-23(18,19)20/h2,5-6,8,14,17H,3H2,1H3,(H,12,15,16)(H2,18,19,20)/t5-,6-,8-,10-/m1/s1. The summed E-state index contributed by atoms with van der Waals surface area (Å²) in [5.41, 5.74) is -1.88. The molecule has 1 saturated heterocycles. The highest BCUT2D eigenvalue weighted by molar-refractivity contribution is 7.46. The van der Waals surface area contributed by atoms with Crippen molar-refractivity contribution >= 4 is 7.82 Å². The number of aliphatic hydroxyl groups is 2. The Morgan fingerprint density at radius 3 is 2.65 bits per heavy atom. The van der Waals surface area contributed by atoms with E-state index in [0.29, 0.717) is 4.57 Å². The predicted octanol–water partition coefficient (Wildman–Crippen LogP) is -2.13. The summed E-state index contributed by atoms with van der Waals surface area (Å²) in [6.07, 6.45) is -5.14. The number of phosphoric ester groups is 1. The van der Waals surface area contributed by atoms with Crippen molar-refractivity contribution in [3.63, 3.8) is 0 Å². The zero-order valence-corrected chi connectivity index (χ0v) is 12.5. The van der Waals surface area contributed by atoms with Gasteiger partial charge in [-0.25, -0.2) is 13.8 Å². The molecule has 0 aliphatic carbocycles. The monoisotopic (exact) mass is 356 g/mol. The number of nitrogens with one attached hydrogen (secondary N) is 1. The van der Waals surface area contributed by atoms with Crippen molar-refractivity contribution in [1.82, 2.24) is 9.55 Å². The van der Waals surface area contributed by atoms with E-state index < -0.39 is 50.0 Å². The van der Waals surface area contributed by atoms with Gasteiger partial charge >= 0.3 is 13.5 Å². The number of H-pyrrole nitrogens is 1. The zero-order chi connectivity index (χ0) is 17.6. The van der Waals surface area contributed by atoms with Crippen molar-refractivity contribution in [3.8, 4) is 0 Å². The Balaban J connectivity index is 2.49. The molecule has 0 radical (unpaired) electrons. The predicted molar refractivity (Wildman–Crippen MR) is 70.0 cm³/mol. The van der Waals surface area contributed by atoms with E-state index in [1.54, 1.807) is 0 Å². The molecule has 1 aliphatic rings. The smallest absolute Gasteiger partial charge is 0.394 e. The molecule has 1 aromatic heterocycles. The second-order valence-electron chi connectivity index (χ2n) is 4.93. The molecule has 13 heteroatoms. The molecule has 23 heavy (non-hydrogen) atoms. The Hall–Kier alpha value is -1.40. The molecular formula is C10H14FN2O9P. The Bertz CT molecular complexity index is 753. The van der Waals surface area contributed by atoms with E-state index in [1.807, 2.05) is 4.98 Å². The van der Waals surface area contributed by atoms with Gasteiger partial charge in [0, 0.05) is 11.8 Å². The second-order valence-corrected chi connectivity index (χ2v) is 6.12. The van der Waals surface area contributed by atoms with E-state index >= 15 is 0 Å². The van der Waals surface area contributed by atoms with E-state index in [9.17, 15) is 23.7 Å². The van der Waals surface area contributed by atoms with E-state index in [2.05, 4.69) is 4.52 Å². The number of nitrogens with zero attached hydrogens (tertiary/aromatic N) is 1. The first kappa shape index (κ1) is 17.9. The van der Waals surface area contributed by atoms with E-state index in [4.69, 9.17) is 19.6 Å². The number of aliphatic hydroxyl groups excluding tert-OH is 1. The largest absolute Gasteiger partial charge is 0.470 e. The van der Waals surface area contributed by atoms with Crippen molar-refractivity contribution in [1.29, 1.82) is 0 Å². The summed E-state index contributed by atoms with van der Waals surface area (Å²) in [7, 11) is -5.23. The number of hydrogen-bond acceptors (Lipinski definition) is 7. The van der Waals surface area contributed by atoms with Gasteiger partial charge in [-0.3, -0.25) is 18.9 Å². The van der Waals surface area contributed by atoms with Crippen molar-refractivity contribution < 1.29 is 38.2 Å². The number of hydrogen-bond donors (Lipinski definition) is 5. The number of aromatic amines is 1. The highest BCUT2D eigenvalue weighted by atomic mass is 31.2. The van der Waals surface area contributed by atoms with Gasteiger partial charge in [-0.05, 0) is 6.92 Å². The molecule has 0 aromatic carbocycles. The lowest BCUT2D eigenvalue weighted by atomic mass is 10.1. The topological polar surface area (TPSA) is 171 Å². The van der Waals surface area contributed by atoms with Gasteiger partial charge in [0.05, 0.1) is 6.61 Å². The molecule has 5 N–H and O–H groups in total. The quantitative estimate of drug-likeness (QED) is 0.378. The summed E-state index contributed by atoms with van der Waals surface area (Å²) >= 11 is 0. The maximum atomic E-state index is 14.6. The van der Waals surface area contributed by atoms with Crippen LogP contribution in [0.5, 0.6) is 0 Å². The van der Waals surface area contributed by atoms with Crippen LogP contribution in [0, 0.1) is 6.92 Å². The molecule has 11 nitrogen and oxygen atoms in total. The third-order valence-corrected chi connectivity index (χ3v) is 3.72. The summed E-state index contributed by atoms with van der Waals surface area (Å²) in [5.74, 6) is -3.57. The fourth-order valence-corrected chi connectivity index (χ4v) is 2.76. The van der Waals surface area contributed by atoms with Gasteiger partial charge in [-0.15, -0.1) is 0 Å². The van der Waals surface area contributed by atoms with Gasteiger partial charge in [0.15, 0.2) is 12.3 Å². The Morgan fingerprint density at radius 2 is 2.13 bits per heavy atom. The summed E-state index contributed by atoms with van der Waals surface area (Å²) in [5, 5.41) is 19.0. The number of aryl methyl sites for hydroxylation is 1. The lowest BCUT2D eigenvalue weighted by molar-refractivity contribution is -0.194. The summed E-state index contributed by atoms with van der Waals surface area (Å²) in [4.78, 5) is 42.5. The first-order chi connectivity index (χ1) is 10.5. The van der Waals surface area contributed by atoms with Crippen LogP contribution in [0.4, 0.5) is 4.39 Å². The highest BCUT2D eigenvalue weighted by Crippen LogP contribution is 2.48. The molecule has 130 valence electrons. The minimum Gasteiger partial charge on any atom is -0.394 e. The third-order valence-electron chi connectivity index (χ3n) is 3.22. The molecule has 1 aromatic rings. The Kier molecular flexibility index (Phi) is 4.61. The molecule has 0 spiro atoms. The molecule has 1 aliphatic heterocycles. The molecule has 0 unspecified atom stereocenters. The van der Waals surface area contributed by atoms with Crippen molar-refractivity contribution in [2.75, 3.05) is 6.61 Å². The molecule has 0 saturated carbocycles. The van der Waals surface area contributed by atoms with Crippen LogP contribution in [0.3, 0.4) is 0 Å². The average Bonchev–Trinajstić information content (AvgIpc) is 2.64. The van der Waals surface area contributed by atoms with Gasteiger partial charge in [0.25, 0.3) is 11.4 Å². The van der Waals surface area contributed by atoms with Crippen LogP contribution in [-0.4, -0.2) is 54.2 Å². The van der Waals surface area contributed by atoms with Crippen molar-refractivity contribution in [2.45, 2.75) is 31.2 Å². The summed E-state index contributed by atoms with van der Waals surface area (Å²) in [6.45, 7) is 0.346. The van der Waals surface area contributed by atoms with E-state index in [0.717, 1.165) is 6.20 Å². The fraction of sp³-hybridized carbons (Fsp3) is 0.600. The maximum absolute atomic E-state index is 14.6. The van der Waals surface area contributed by atoms with Crippen molar-refractivity contribution in [3.05, 3.63) is 32.6 Å². The van der Waals surface area contributed by atoms with Gasteiger partial charge in [-0.2, -0.15) is 0 Å². The minimum absolute atomic E-state index is 0.0103. The lowest BCUT2D eigenvalue weighted by Crippen LogP contribution is -2.47. The minimum atomic E-state index is -5.23. The molecular weight excluding hydrogens is 342 g/mol. The molecule has 0 bridgehead atoms. The number of alkyl halides is 1. The molecule has 0 amide bonds. The SMILES string of the molecule is Cc1cn([C@@H]2O[C@H](CO)[C@@H](OP(=O)(O)O)[C@]2(O)F)c(=O)[nH]c1=O. The maximum Gasteiger partial charge on any atom is 0.470 e. The number of halogens is 1. The molecule has 2 rings (SSSR count). The highest BCUT2D eigenvalue weighted by Gasteiger charge is 2.60. The van der Waals surface area contributed by atoms with Gasteiger partial charge < -0.3 is 24.7 Å². The average molecular weight is 356 g/mol. The molecule has 2 heterocycles. The normalized spacial score (nSPS) is 31.5. The van der Waals surface area contributed by atoms with E-state index in [1.165, 1.54) is 6.92 Å². The van der Waals surface area contributed by atoms with Crippen LogP contribution in [-0.2, 0) is 13.8 Å². The summed E-state index contributed by atoms with van der Waals surface area (Å²) < 4.78 is 35.1. The lowest BCUT2D eigenvalue weighted by Gasteiger charge is -2.26. The molecule has 1 fully saturated rings. The van der Waals surface area contributed by atoms with Crippen LogP contribution in [0.2, 0.25) is 0 Å². The van der Waals surface area contributed by atoms with Crippen LogP contribution >= 0.6 is 7.82 Å². The van der Waals surface area contributed by atoms with Crippen LogP contribution in [0.1, 0.15) is 11.8 Å². The number of phosphoric acid groups is 1. The van der Waals surface area contributed by atoms with Crippen molar-refractivity contribution in [2.24, 2.45) is 0 Å². The van der Waals surface area contributed by atoms with Gasteiger partial charge in [-0.1, -0.05) is 0 Å². The van der Waals surface area contributed by atoms with Gasteiger partial charge in [0.2, 0.25) is 0 Å². The summed E-state index contributed by atoms with van der Waals surface area (Å²) in [6, 6.07) is 0. The van der Waals surface area contributed by atoms with Crippen LogP contribution in [0.25, 0.3) is 0 Å². The van der Waals surface area contributed by atoms with Gasteiger partial charge in [0.1, 0.15) is 6.10 Å². The first-order valence-corrected chi connectivity index (χ1v) is 7.74. The molecule has 4 atom stereocenters. The Labute approximate surface area is 127 Å². The third kappa shape index (κ3) is 3.43. The number of rotatable bonds is 4. The van der Waals surface area contributed by atoms with Crippen LogP contribution < -0.4 is 11.2 Å².